The number of nitrogens with two attached hydrogens (primary N) is 1. The molecule has 41 heavy (non-hydrogen) atoms. The van der Waals surface area contributed by atoms with Crippen LogP contribution in [0.15, 0.2) is 71.2 Å². The molecule has 4 N–H and O–H groups in total. The van der Waals surface area contributed by atoms with Crippen molar-refractivity contribution >= 4 is 22.4 Å². The van der Waals surface area contributed by atoms with Crippen LogP contribution in [0.25, 0.3) is 0 Å². The molecule has 0 bridgehead atoms. The highest BCUT2D eigenvalue weighted by molar-refractivity contribution is 8.34. The van der Waals surface area contributed by atoms with Crippen molar-refractivity contribution in [2.24, 2.45) is 17.6 Å². The Bertz CT molecular complexity index is 1190. The number of amides is 1. The quantitative estimate of drug-likeness (QED) is 0.0606. The Hall–Kier alpha value is -2.50. The highest BCUT2D eigenvalue weighted by Gasteiger charge is 2.46. The van der Waals surface area contributed by atoms with Gasteiger partial charge in [-0.1, -0.05) is 61.8 Å². The number of aliphatic hydroxyl groups excluding tert-OH is 1. The van der Waals surface area contributed by atoms with Crippen LogP contribution in [0.1, 0.15) is 65.2 Å². The smallest absolute Gasteiger partial charge is 0.254 e. The monoisotopic (exact) mass is 604 g/mol. The van der Waals surface area contributed by atoms with Crippen LogP contribution in [0.2, 0.25) is 0 Å². The first-order valence-corrected chi connectivity index (χ1v) is 15.9. The van der Waals surface area contributed by atoms with E-state index in [-0.39, 0.29) is 23.6 Å². The number of carbonyl (C=O) groups excluding carboxylic acids is 2. The molecule has 3 aliphatic carbocycles. The molecule has 230 valence electrons. The molecule has 11 heteroatoms. The summed E-state index contributed by atoms with van der Waals surface area (Å²) < 4.78 is 66.9. The Morgan fingerprint density at radius 2 is 1.98 bits per heavy atom. The van der Waals surface area contributed by atoms with Gasteiger partial charge in [0.2, 0.25) is 0 Å². The summed E-state index contributed by atoms with van der Waals surface area (Å²) in [6.07, 6.45) is 13.0. The molecule has 0 heterocycles. The average molecular weight is 605 g/mol. The summed E-state index contributed by atoms with van der Waals surface area (Å²) in [4.78, 5) is 27.0. The van der Waals surface area contributed by atoms with Gasteiger partial charge in [-0.05, 0) is 63.5 Å². The van der Waals surface area contributed by atoms with Crippen LogP contribution in [0, 0.1) is 11.8 Å². The van der Waals surface area contributed by atoms with Gasteiger partial charge in [0.05, 0.1) is 16.9 Å². The number of Topliss-reactive ketones (excluding diaryl/α,β-unsaturated/α-hetero) is 1. The minimum atomic E-state index is -7.72. The van der Waals surface area contributed by atoms with Crippen LogP contribution in [-0.4, -0.2) is 40.2 Å². The molecule has 0 aliphatic heterocycles. The van der Waals surface area contributed by atoms with Crippen molar-refractivity contribution in [2.45, 2.75) is 82.1 Å². The van der Waals surface area contributed by atoms with E-state index in [2.05, 4.69) is 5.32 Å². The van der Waals surface area contributed by atoms with Crippen molar-refractivity contribution in [1.82, 2.24) is 5.32 Å². The van der Waals surface area contributed by atoms with Gasteiger partial charge in [-0.15, -0.1) is 15.5 Å². The molecule has 0 aromatic carbocycles. The Kier molecular flexibility index (Phi) is 10.6. The van der Waals surface area contributed by atoms with E-state index in [1.54, 1.807) is 25.2 Å². The lowest BCUT2D eigenvalue weighted by Crippen LogP contribution is -2.48. The maximum absolute atomic E-state index is 14.3. The molecule has 0 saturated heterocycles. The maximum Gasteiger partial charge on any atom is 0.254 e. The largest absolute Gasteiger partial charge is 0.387 e. The van der Waals surface area contributed by atoms with E-state index in [0.29, 0.717) is 37.7 Å². The summed E-state index contributed by atoms with van der Waals surface area (Å²) in [5, 5.41) is 11.4. The van der Waals surface area contributed by atoms with Crippen LogP contribution in [0.3, 0.4) is 0 Å². The van der Waals surface area contributed by atoms with Gasteiger partial charge in [0.1, 0.15) is 5.83 Å². The summed E-state index contributed by atoms with van der Waals surface area (Å²) in [5.41, 5.74) is 5.79. The number of aliphatic hydroxyl groups is 1. The number of unbranched alkanes of at least 4 members (excludes halogenated alkanes) is 1. The van der Waals surface area contributed by atoms with Gasteiger partial charge in [-0.3, -0.25) is 9.59 Å². The van der Waals surface area contributed by atoms with Gasteiger partial charge in [0.25, 0.3) is 5.91 Å². The molecule has 1 saturated carbocycles. The standard InChI is InChI=1S/C30H41F5N2O3S/c1-3-4-16-30(2,36)27(38)18-25(29(40)37-19-22-8-6-5-7-9-26(22)31)28(39)24-15-12-21(24)17-20-10-13-23(14-11-20)41(32,33,34)35/h5,7-11,13,18,21,23-24,27,38,41H,3-4,6,12,14-17,19,36H2,1-2H3,(H,37,40)/b25-18+/t21-,23?,24?,27?,30+/m0/s1. The molecule has 3 rings (SSSR count). The predicted molar refractivity (Wildman–Crippen MR) is 155 cm³/mol. The topological polar surface area (TPSA) is 92.4 Å². The van der Waals surface area contributed by atoms with Gasteiger partial charge in [-0.2, -0.15) is 0 Å². The third kappa shape index (κ3) is 8.99. The highest BCUT2D eigenvalue weighted by Crippen LogP contribution is 2.80. The van der Waals surface area contributed by atoms with E-state index in [0.717, 1.165) is 18.9 Å². The van der Waals surface area contributed by atoms with Crippen LogP contribution < -0.4 is 11.1 Å². The Morgan fingerprint density at radius 3 is 2.56 bits per heavy atom. The number of halogens is 5. The van der Waals surface area contributed by atoms with Crippen molar-refractivity contribution in [3.05, 3.63) is 71.2 Å². The van der Waals surface area contributed by atoms with Gasteiger partial charge in [0, 0.05) is 23.6 Å². The minimum absolute atomic E-state index is 0.163. The molecule has 0 aromatic heterocycles. The summed E-state index contributed by atoms with van der Waals surface area (Å²) in [7, 11) is -7.72. The molecule has 5 atom stereocenters. The van der Waals surface area contributed by atoms with E-state index < -0.39 is 57.5 Å². The Balaban J connectivity index is 1.76. The summed E-state index contributed by atoms with van der Waals surface area (Å²) in [5.74, 6) is -2.59. The van der Waals surface area contributed by atoms with E-state index in [9.17, 15) is 34.6 Å². The zero-order valence-corrected chi connectivity index (χ0v) is 24.4. The molecule has 3 aliphatic rings. The van der Waals surface area contributed by atoms with Crippen molar-refractivity contribution in [1.29, 1.82) is 0 Å². The second kappa shape index (κ2) is 13.2. The number of ketones is 1. The normalized spacial score (nSPS) is 26.3. The molecule has 0 aromatic rings. The third-order valence-corrected chi connectivity index (χ3v) is 9.50. The average Bonchev–Trinajstić information content (AvgIpc) is 3.09. The van der Waals surface area contributed by atoms with Crippen LogP contribution >= 0.6 is 10.7 Å². The molecule has 3 unspecified atom stereocenters. The van der Waals surface area contributed by atoms with Crippen LogP contribution in [0.5, 0.6) is 0 Å². The zero-order chi connectivity index (χ0) is 30.4. The summed E-state index contributed by atoms with van der Waals surface area (Å²) >= 11 is 0. The van der Waals surface area contributed by atoms with Crippen molar-refractivity contribution in [2.75, 3.05) is 6.54 Å². The lowest BCUT2D eigenvalue weighted by molar-refractivity contribution is -0.128. The van der Waals surface area contributed by atoms with E-state index in [4.69, 9.17) is 5.73 Å². The lowest BCUT2D eigenvalue weighted by atomic mass is 9.67. The number of hydrogen-bond donors (Lipinski definition) is 4. The van der Waals surface area contributed by atoms with Crippen molar-refractivity contribution in [3.63, 3.8) is 0 Å². The molecule has 5 nitrogen and oxygen atoms in total. The number of thiol groups is 1. The van der Waals surface area contributed by atoms with Gasteiger partial charge in [-0.25, -0.2) is 4.39 Å². The molecule has 0 spiro atoms. The summed E-state index contributed by atoms with van der Waals surface area (Å²) in [6, 6.07) is 0. The van der Waals surface area contributed by atoms with E-state index >= 15 is 0 Å². The first-order valence-electron chi connectivity index (χ1n) is 14.1. The number of carbonyl (C=O) groups is 2. The van der Waals surface area contributed by atoms with Crippen molar-refractivity contribution in [3.8, 4) is 0 Å². The fraction of sp³-hybridized carbons (Fsp3) is 0.533. The molecule has 0 radical (unpaired) electrons. The van der Waals surface area contributed by atoms with Crippen LogP contribution in [-0.2, 0) is 9.59 Å². The Morgan fingerprint density at radius 1 is 1.24 bits per heavy atom. The van der Waals surface area contributed by atoms with Gasteiger partial charge >= 0.3 is 0 Å². The van der Waals surface area contributed by atoms with E-state index in [1.165, 1.54) is 24.3 Å². The minimum Gasteiger partial charge on any atom is -0.387 e. The van der Waals surface area contributed by atoms with E-state index in [1.807, 2.05) is 6.92 Å². The van der Waals surface area contributed by atoms with Crippen molar-refractivity contribution < 1.29 is 34.6 Å². The predicted octanol–water partition coefficient (Wildman–Crippen LogP) is 6.89. The molecule has 1 fully saturated rings. The molecule has 1 amide bonds. The lowest BCUT2D eigenvalue weighted by Gasteiger charge is -2.38. The zero-order valence-electron chi connectivity index (χ0n) is 23.5. The van der Waals surface area contributed by atoms with Gasteiger partial charge in [0.15, 0.2) is 16.5 Å². The number of nitrogens with one attached hydrogen (secondary N) is 1. The number of rotatable bonds is 13. The van der Waals surface area contributed by atoms with Gasteiger partial charge < -0.3 is 16.2 Å². The molecular weight excluding hydrogens is 563 g/mol. The summed E-state index contributed by atoms with van der Waals surface area (Å²) in [6.45, 7) is 3.45. The SMILES string of the molecule is CCCC[C@@](C)(N)C(O)/C=C(/C(=O)NCC1=CCC=CC=C1F)C(=O)C1CC[C@H]1CC1=CCC([SH](F)(F)(F)F)C=C1. The highest BCUT2D eigenvalue weighted by atomic mass is 32.4. The molecular formula is C30H41F5N2O3S. The second-order valence-electron chi connectivity index (χ2n) is 11.5. The first-order chi connectivity index (χ1) is 19.1. The first kappa shape index (κ1) is 33.0. The Labute approximate surface area is 239 Å². The number of hydrogen-bond acceptors (Lipinski definition) is 4. The number of allylic oxidation sites excluding steroid dienone is 7. The second-order valence-corrected chi connectivity index (χ2v) is 13.7. The fourth-order valence-electron chi connectivity index (χ4n) is 5.15. The third-order valence-electron chi connectivity index (χ3n) is 8.11. The maximum atomic E-state index is 14.3. The van der Waals surface area contributed by atoms with Crippen LogP contribution in [0.4, 0.5) is 19.9 Å². The fourth-order valence-corrected chi connectivity index (χ4v) is 5.92.